The predicted molar refractivity (Wildman–Crippen MR) is 119 cm³/mol. The summed E-state index contributed by atoms with van der Waals surface area (Å²) < 4.78 is 45.7. The second kappa shape index (κ2) is 10.4. The number of sulfonamides is 1. The maximum Gasteiger partial charge on any atom is 0.412 e. The molecule has 12 heteroatoms. The minimum absolute atomic E-state index is 0.0312. The van der Waals surface area contributed by atoms with E-state index in [2.05, 4.69) is 10.5 Å². The number of aliphatic hydroxyl groups excluding tert-OH is 1. The molecule has 0 saturated carbocycles. The number of hydrogen-bond acceptors (Lipinski definition) is 8. The highest BCUT2D eigenvalue weighted by Crippen LogP contribution is 2.34. The van der Waals surface area contributed by atoms with Crippen LogP contribution in [0, 0.1) is 5.82 Å². The number of carbonyl (C=O) groups excluding carboxylic acids is 1. The first-order valence-corrected chi connectivity index (χ1v) is 11.8. The number of oxime groups is 1. The van der Waals surface area contributed by atoms with Crippen LogP contribution in [0.15, 0.2) is 40.4 Å². The smallest absolute Gasteiger partial charge is 0.412 e. The van der Waals surface area contributed by atoms with Gasteiger partial charge >= 0.3 is 6.09 Å². The monoisotopic (exact) mass is 487 g/mol. The number of rotatable bonds is 8. The molecule has 0 aliphatic carbocycles. The van der Waals surface area contributed by atoms with Crippen molar-refractivity contribution in [1.82, 2.24) is 4.31 Å². The number of benzene rings is 1. The average molecular weight is 488 g/mol. The number of thiophene rings is 1. The van der Waals surface area contributed by atoms with Gasteiger partial charge in [0.05, 0.1) is 6.10 Å². The second-order valence-electron chi connectivity index (χ2n) is 7.89. The SMILES string of the molecule is CN(CC(O)c1ccc(F)cc1)S(=O)(=O)c1cc(CC=NO)sc1NC(=O)OC(C)(C)C. The van der Waals surface area contributed by atoms with Crippen LogP contribution in [0.3, 0.4) is 0 Å². The van der Waals surface area contributed by atoms with Crippen LogP contribution in [0.1, 0.15) is 37.3 Å². The lowest BCUT2D eigenvalue weighted by Gasteiger charge is -2.22. The average Bonchev–Trinajstić information content (AvgIpc) is 3.08. The Balaban J connectivity index is 2.31. The summed E-state index contributed by atoms with van der Waals surface area (Å²) in [5, 5.41) is 24.4. The van der Waals surface area contributed by atoms with Crippen molar-refractivity contribution in [2.75, 3.05) is 18.9 Å². The third-order valence-corrected chi connectivity index (χ3v) is 7.16. The van der Waals surface area contributed by atoms with E-state index < -0.39 is 33.6 Å². The number of nitrogens with zero attached hydrogens (tertiary/aromatic N) is 2. The molecule has 0 radical (unpaired) electrons. The highest BCUT2D eigenvalue weighted by molar-refractivity contribution is 7.89. The molecule has 3 N–H and O–H groups in total. The Morgan fingerprint density at radius 1 is 1.34 bits per heavy atom. The predicted octanol–water partition coefficient (Wildman–Crippen LogP) is 3.59. The van der Waals surface area contributed by atoms with Gasteiger partial charge in [0.2, 0.25) is 10.0 Å². The first-order valence-electron chi connectivity index (χ1n) is 9.52. The Morgan fingerprint density at radius 2 is 1.97 bits per heavy atom. The molecule has 1 atom stereocenters. The van der Waals surface area contributed by atoms with E-state index in [-0.39, 0.29) is 22.9 Å². The van der Waals surface area contributed by atoms with E-state index in [4.69, 9.17) is 9.94 Å². The van der Waals surface area contributed by atoms with Crippen molar-refractivity contribution in [2.45, 2.75) is 43.8 Å². The van der Waals surface area contributed by atoms with Gasteiger partial charge in [-0.3, -0.25) is 5.32 Å². The molecule has 1 unspecified atom stereocenters. The Labute approximate surface area is 190 Å². The summed E-state index contributed by atoms with van der Waals surface area (Å²) in [5.41, 5.74) is -0.436. The molecule has 1 amide bonds. The lowest BCUT2D eigenvalue weighted by atomic mass is 10.1. The fourth-order valence-corrected chi connectivity index (χ4v) is 5.28. The molecule has 2 rings (SSSR count). The van der Waals surface area contributed by atoms with Crippen LogP contribution in [-0.2, 0) is 21.2 Å². The van der Waals surface area contributed by atoms with Crippen LogP contribution >= 0.6 is 11.3 Å². The molecule has 1 aromatic carbocycles. The number of amides is 1. The molecular weight excluding hydrogens is 461 g/mol. The van der Waals surface area contributed by atoms with Gasteiger partial charge in [0.15, 0.2) is 0 Å². The van der Waals surface area contributed by atoms with Crippen molar-refractivity contribution < 1.29 is 32.7 Å². The number of ether oxygens (including phenoxy) is 1. The molecule has 0 spiro atoms. The Hall–Kier alpha value is -2.54. The maximum absolute atomic E-state index is 13.2. The van der Waals surface area contributed by atoms with Crippen molar-refractivity contribution in [3.8, 4) is 0 Å². The highest BCUT2D eigenvalue weighted by atomic mass is 32.2. The fraction of sp³-hybridized carbons (Fsp3) is 0.400. The van der Waals surface area contributed by atoms with Gasteiger partial charge in [-0.1, -0.05) is 12.1 Å². The van der Waals surface area contributed by atoms with Crippen LogP contribution in [-0.4, -0.2) is 54.5 Å². The number of anilines is 1. The van der Waals surface area contributed by atoms with E-state index in [1.54, 1.807) is 20.8 Å². The minimum Gasteiger partial charge on any atom is -0.444 e. The molecule has 0 aliphatic heterocycles. The van der Waals surface area contributed by atoms with Gasteiger partial charge in [-0.05, 0) is 44.5 Å². The lowest BCUT2D eigenvalue weighted by Crippen LogP contribution is -2.32. The second-order valence-corrected chi connectivity index (χ2v) is 11.0. The van der Waals surface area contributed by atoms with Crippen LogP contribution in [0.2, 0.25) is 0 Å². The molecule has 1 heterocycles. The first kappa shape index (κ1) is 25.7. The van der Waals surface area contributed by atoms with Gasteiger partial charge in [-0.15, -0.1) is 16.5 Å². The van der Waals surface area contributed by atoms with E-state index in [1.165, 1.54) is 43.6 Å². The molecule has 0 aliphatic rings. The van der Waals surface area contributed by atoms with Crippen LogP contribution in [0.5, 0.6) is 0 Å². The number of nitrogens with one attached hydrogen (secondary N) is 1. The van der Waals surface area contributed by atoms with E-state index in [9.17, 15) is 22.7 Å². The number of hydrogen-bond donors (Lipinski definition) is 3. The first-order chi connectivity index (χ1) is 14.8. The van der Waals surface area contributed by atoms with Gasteiger partial charge in [0, 0.05) is 31.1 Å². The quantitative estimate of drug-likeness (QED) is 0.297. The molecule has 176 valence electrons. The summed E-state index contributed by atoms with van der Waals surface area (Å²) in [6.07, 6.45) is -0.701. The third kappa shape index (κ3) is 6.99. The summed E-state index contributed by atoms with van der Waals surface area (Å²) in [4.78, 5) is 12.5. The van der Waals surface area contributed by atoms with Gasteiger partial charge in [-0.25, -0.2) is 17.6 Å². The zero-order chi connectivity index (χ0) is 24.1. The molecule has 1 aromatic heterocycles. The highest BCUT2D eigenvalue weighted by Gasteiger charge is 2.30. The van der Waals surface area contributed by atoms with Crippen LogP contribution in [0.4, 0.5) is 14.2 Å². The number of carbonyl (C=O) groups is 1. The molecular formula is C20H26FN3O6S2. The molecule has 32 heavy (non-hydrogen) atoms. The van der Waals surface area contributed by atoms with Gasteiger partial charge in [0.25, 0.3) is 0 Å². The minimum atomic E-state index is -4.14. The summed E-state index contributed by atoms with van der Waals surface area (Å²) in [5.74, 6) is -0.475. The summed E-state index contributed by atoms with van der Waals surface area (Å²) in [7, 11) is -2.86. The molecule has 0 saturated heterocycles. The Bertz CT molecular complexity index is 1060. The normalized spacial score (nSPS) is 13.5. The Kier molecular flexibility index (Phi) is 8.35. The van der Waals surface area contributed by atoms with Crippen LogP contribution < -0.4 is 5.32 Å². The van der Waals surface area contributed by atoms with Gasteiger partial charge in [-0.2, -0.15) is 4.31 Å². The number of likely N-dealkylation sites (N-methyl/N-ethyl adjacent to an activating group) is 1. The molecule has 9 nitrogen and oxygen atoms in total. The molecule has 0 bridgehead atoms. The maximum atomic E-state index is 13.2. The van der Waals surface area contributed by atoms with E-state index in [0.717, 1.165) is 15.6 Å². The standard InChI is InChI=1S/C20H26FN3O6S2/c1-20(2,3)30-19(26)23-18-17(11-15(31-18)9-10-22-27)32(28,29)24(4)12-16(25)13-5-7-14(21)8-6-13/h5-8,10-11,16,25,27H,9,12H2,1-4H3,(H,23,26). The lowest BCUT2D eigenvalue weighted by molar-refractivity contribution is 0.0636. The summed E-state index contributed by atoms with van der Waals surface area (Å²) in [6, 6.07) is 6.43. The van der Waals surface area contributed by atoms with Gasteiger partial charge < -0.3 is 15.1 Å². The zero-order valence-corrected chi connectivity index (χ0v) is 19.7. The summed E-state index contributed by atoms with van der Waals surface area (Å²) >= 11 is 0.991. The largest absolute Gasteiger partial charge is 0.444 e. The topological polar surface area (TPSA) is 129 Å². The number of aliphatic hydroxyl groups is 1. The van der Waals surface area contributed by atoms with Gasteiger partial charge in [0.1, 0.15) is 21.3 Å². The van der Waals surface area contributed by atoms with Crippen molar-refractivity contribution in [3.05, 3.63) is 46.6 Å². The fourth-order valence-electron chi connectivity index (χ4n) is 2.63. The van der Waals surface area contributed by atoms with Crippen molar-refractivity contribution >= 4 is 38.7 Å². The van der Waals surface area contributed by atoms with Crippen molar-refractivity contribution in [1.29, 1.82) is 0 Å². The van der Waals surface area contributed by atoms with Crippen LogP contribution in [0.25, 0.3) is 0 Å². The molecule has 2 aromatic rings. The number of halogens is 1. The third-order valence-electron chi connectivity index (χ3n) is 4.11. The summed E-state index contributed by atoms with van der Waals surface area (Å²) in [6.45, 7) is 4.72. The van der Waals surface area contributed by atoms with Crippen molar-refractivity contribution in [2.24, 2.45) is 5.16 Å². The van der Waals surface area contributed by atoms with E-state index >= 15 is 0 Å². The zero-order valence-electron chi connectivity index (χ0n) is 18.1. The Morgan fingerprint density at radius 3 is 2.53 bits per heavy atom. The van der Waals surface area contributed by atoms with Crippen molar-refractivity contribution in [3.63, 3.8) is 0 Å². The van der Waals surface area contributed by atoms with E-state index in [0.29, 0.717) is 10.4 Å². The van der Waals surface area contributed by atoms with E-state index in [1.807, 2.05) is 0 Å². The molecule has 0 fully saturated rings.